The Hall–Kier alpha value is -1.97. The highest BCUT2D eigenvalue weighted by molar-refractivity contribution is 5.58. The lowest BCUT2D eigenvalue weighted by Gasteiger charge is -2.06. The summed E-state index contributed by atoms with van der Waals surface area (Å²) >= 11 is 0. The molecule has 1 aromatic heterocycles. The number of rotatable bonds is 2. The van der Waals surface area contributed by atoms with Crippen molar-refractivity contribution in [3.63, 3.8) is 0 Å². The molecular formula is C12H12FN3. The molecule has 0 saturated carbocycles. The standard InChI is InChI=1S/C12H12FN3/c1-8-11(14-2)7-15-12(16-8)9-5-3-4-6-10(9)13/h3-7,14H,1-2H3. The average Bonchev–Trinajstić information content (AvgIpc) is 2.29. The fourth-order valence-electron chi connectivity index (χ4n) is 1.48. The van der Waals surface area contributed by atoms with E-state index in [2.05, 4.69) is 15.3 Å². The van der Waals surface area contributed by atoms with E-state index in [1.165, 1.54) is 6.07 Å². The summed E-state index contributed by atoms with van der Waals surface area (Å²) < 4.78 is 13.5. The number of nitrogens with zero attached hydrogens (tertiary/aromatic N) is 2. The predicted octanol–water partition coefficient (Wildman–Crippen LogP) is 2.63. The summed E-state index contributed by atoms with van der Waals surface area (Å²) in [4.78, 5) is 8.39. The molecule has 3 nitrogen and oxygen atoms in total. The molecule has 16 heavy (non-hydrogen) atoms. The SMILES string of the molecule is CNc1cnc(-c2ccccc2F)nc1C. The van der Waals surface area contributed by atoms with Gasteiger partial charge in [-0.25, -0.2) is 14.4 Å². The zero-order valence-electron chi connectivity index (χ0n) is 9.16. The van der Waals surface area contributed by atoms with Gasteiger partial charge in [-0.3, -0.25) is 0 Å². The van der Waals surface area contributed by atoms with Crippen LogP contribution in [0.4, 0.5) is 10.1 Å². The first-order valence-electron chi connectivity index (χ1n) is 4.98. The van der Waals surface area contributed by atoms with Gasteiger partial charge in [0.25, 0.3) is 0 Å². The fraction of sp³-hybridized carbons (Fsp3) is 0.167. The van der Waals surface area contributed by atoms with Crippen LogP contribution in [-0.4, -0.2) is 17.0 Å². The summed E-state index contributed by atoms with van der Waals surface area (Å²) in [5.74, 6) is 0.105. The van der Waals surface area contributed by atoms with Crippen LogP contribution in [0.25, 0.3) is 11.4 Å². The zero-order valence-corrected chi connectivity index (χ0v) is 9.16. The largest absolute Gasteiger partial charge is 0.385 e. The third-order valence-electron chi connectivity index (χ3n) is 2.36. The van der Waals surface area contributed by atoms with Gasteiger partial charge in [0.15, 0.2) is 5.82 Å². The number of nitrogens with one attached hydrogen (secondary N) is 1. The van der Waals surface area contributed by atoms with Crippen molar-refractivity contribution >= 4 is 5.69 Å². The summed E-state index contributed by atoms with van der Waals surface area (Å²) in [7, 11) is 1.80. The number of hydrogen-bond donors (Lipinski definition) is 1. The number of aromatic nitrogens is 2. The van der Waals surface area contributed by atoms with Crippen molar-refractivity contribution in [1.82, 2.24) is 9.97 Å². The van der Waals surface area contributed by atoms with E-state index in [0.29, 0.717) is 11.4 Å². The number of benzene rings is 1. The molecule has 1 N–H and O–H groups in total. The van der Waals surface area contributed by atoms with Gasteiger partial charge >= 0.3 is 0 Å². The van der Waals surface area contributed by atoms with Gasteiger partial charge in [0, 0.05) is 7.05 Å². The predicted molar refractivity (Wildman–Crippen MR) is 61.7 cm³/mol. The molecule has 0 radical (unpaired) electrons. The van der Waals surface area contributed by atoms with E-state index >= 15 is 0 Å². The monoisotopic (exact) mass is 217 g/mol. The smallest absolute Gasteiger partial charge is 0.162 e. The fourth-order valence-corrected chi connectivity index (χ4v) is 1.48. The molecular weight excluding hydrogens is 205 g/mol. The van der Waals surface area contributed by atoms with Gasteiger partial charge < -0.3 is 5.32 Å². The van der Waals surface area contributed by atoms with Gasteiger partial charge in [0.2, 0.25) is 0 Å². The Bertz CT molecular complexity index is 511. The first-order valence-corrected chi connectivity index (χ1v) is 4.98. The normalized spacial score (nSPS) is 10.2. The molecule has 0 atom stereocenters. The maximum absolute atomic E-state index is 13.5. The average molecular weight is 217 g/mol. The second-order valence-corrected chi connectivity index (χ2v) is 3.42. The van der Waals surface area contributed by atoms with Gasteiger partial charge in [0.1, 0.15) is 5.82 Å². The summed E-state index contributed by atoms with van der Waals surface area (Å²) in [5.41, 5.74) is 2.07. The highest BCUT2D eigenvalue weighted by Crippen LogP contribution is 2.20. The molecule has 0 spiro atoms. The summed E-state index contributed by atoms with van der Waals surface area (Å²) in [6, 6.07) is 6.49. The maximum Gasteiger partial charge on any atom is 0.162 e. The molecule has 0 aliphatic rings. The van der Waals surface area contributed by atoms with Crippen LogP contribution in [0.15, 0.2) is 30.5 Å². The highest BCUT2D eigenvalue weighted by Gasteiger charge is 2.08. The van der Waals surface area contributed by atoms with Crippen molar-refractivity contribution in [2.45, 2.75) is 6.92 Å². The van der Waals surface area contributed by atoms with Crippen LogP contribution in [0.1, 0.15) is 5.69 Å². The molecule has 0 fully saturated rings. The van der Waals surface area contributed by atoms with Crippen LogP contribution in [-0.2, 0) is 0 Å². The van der Waals surface area contributed by atoms with Gasteiger partial charge in [-0.05, 0) is 19.1 Å². The van der Waals surface area contributed by atoms with Crippen molar-refractivity contribution in [2.24, 2.45) is 0 Å². The third-order valence-corrected chi connectivity index (χ3v) is 2.36. The molecule has 0 aliphatic heterocycles. The highest BCUT2D eigenvalue weighted by atomic mass is 19.1. The van der Waals surface area contributed by atoms with Crippen LogP contribution in [0.3, 0.4) is 0 Å². The summed E-state index contributed by atoms with van der Waals surface area (Å²) in [6.07, 6.45) is 1.66. The molecule has 0 amide bonds. The lowest BCUT2D eigenvalue weighted by atomic mass is 10.2. The van der Waals surface area contributed by atoms with Crippen LogP contribution in [0.5, 0.6) is 0 Å². The van der Waals surface area contributed by atoms with Crippen molar-refractivity contribution in [3.8, 4) is 11.4 Å². The number of hydrogen-bond acceptors (Lipinski definition) is 3. The van der Waals surface area contributed by atoms with E-state index in [0.717, 1.165) is 11.4 Å². The lowest BCUT2D eigenvalue weighted by molar-refractivity contribution is 0.630. The minimum absolute atomic E-state index is 0.306. The molecule has 4 heteroatoms. The number of anilines is 1. The zero-order chi connectivity index (χ0) is 11.5. The van der Waals surface area contributed by atoms with Gasteiger partial charge in [-0.1, -0.05) is 12.1 Å². The second-order valence-electron chi connectivity index (χ2n) is 3.42. The molecule has 82 valence electrons. The Morgan fingerprint density at radius 3 is 2.62 bits per heavy atom. The molecule has 0 aliphatic carbocycles. The Kier molecular flexibility index (Phi) is 2.81. The Morgan fingerprint density at radius 2 is 2.00 bits per heavy atom. The van der Waals surface area contributed by atoms with Crippen molar-refractivity contribution in [1.29, 1.82) is 0 Å². The summed E-state index contributed by atoms with van der Waals surface area (Å²) in [5, 5.41) is 2.97. The third kappa shape index (κ3) is 1.86. The van der Waals surface area contributed by atoms with E-state index in [4.69, 9.17) is 0 Å². The van der Waals surface area contributed by atoms with E-state index < -0.39 is 0 Å². The van der Waals surface area contributed by atoms with Gasteiger partial charge in [-0.2, -0.15) is 0 Å². The van der Waals surface area contributed by atoms with Gasteiger partial charge in [-0.15, -0.1) is 0 Å². The maximum atomic E-state index is 13.5. The van der Waals surface area contributed by atoms with Gasteiger partial charge in [0.05, 0.1) is 23.1 Å². The molecule has 1 heterocycles. The van der Waals surface area contributed by atoms with Crippen LogP contribution in [0.2, 0.25) is 0 Å². The summed E-state index contributed by atoms with van der Waals surface area (Å²) in [6.45, 7) is 1.86. The van der Waals surface area contributed by atoms with Crippen molar-refractivity contribution < 1.29 is 4.39 Å². The molecule has 0 bridgehead atoms. The minimum atomic E-state index is -0.306. The van der Waals surface area contributed by atoms with E-state index in [1.54, 1.807) is 31.4 Å². The minimum Gasteiger partial charge on any atom is -0.385 e. The Morgan fingerprint density at radius 1 is 1.25 bits per heavy atom. The quantitative estimate of drug-likeness (QED) is 0.840. The molecule has 2 aromatic rings. The second kappa shape index (κ2) is 4.26. The Labute approximate surface area is 93.4 Å². The molecule has 0 saturated heterocycles. The number of aryl methyl sites for hydroxylation is 1. The van der Waals surface area contributed by atoms with E-state index in [-0.39, 0.29) is 5.82 Å². The topological polar surface area (TPSA) is 37.8 Å². The van der Waals surface area contributed by atoms with Crippen molar-refractivity contribution in [2.75, 3.05) is 12.4 Å². The first kappa shape index (κ1) is 10.5. The first-order chi connectivity index (χ1) is 7.72. The number of halogens is 1. The van der Waals surface area contributed by atoms with Crippen molar-refractivity contribution in [3.05, 3.63) is 42.0 Å². The Balaban J connectivity index is 2.50. The van der Waals surface area contributed by atoms with E-state index in [9.17, 15) is 4.39 Å². The molecule has 1 aromatic carbocycles. The van der Waals surface area contributed by atoms with Crippen LogP contribution < -0.4 is 5.32 Å². The van der Waals surface area contributed by atoms with E-state index in [1.807, 2.05) is 6.92 Å². The lowest BCUT2D eigenvalue weighted by Crippen LogP contribution is -1.99. The molecule has 0 unspecified atom stereocenters. The van der Waals surface area contributed by atoms with Crippen LogP contribution in [0, 0.1) is 12.7 Å². The molecule has 2 rings (SSSR count). The van der Waals surface area contributed by atoms with Crippen LogP contribution >= 0.6 is 0 Å².